The molecule has 20 heavy (non-hydrogen) atoms. The predicted molar refractivity (Wildman–Crippen MR) is 71.6 cm³/mol. The van der Waals surface area contributed by atoms with Gasteiger partial charge in [-0.1, -0.05) is 20.8 Å². The van der Waals surface area contributed by atoms with Gasteiger partial charge in [0.25, 0.3) is 5.75 Å². The zero-order valence-corrected chi connectivity index (χ0v) is 11.9. The van der Waals surface area contributed by atoms with Crippen molar-refractivity contribution in [1.82, 2.24) is 0 Å². The Morgan fingerprint density at radius 3 is 1.80 bits per heavy atom. The van der Waals surface area contributed by atoms with Gasteiger partial charge in [0, 0.05) is 11.6 Å². The van der Waals surface area contributed by atoms with E-state index >= 15 is 0 Å². The first-order chi connectivity index (χ1) is 9.15. The van der Waals surface area contributed by atoms with Crippen LogP contribution in [0.15, 0.2) is 6.07 Å². The van der Waals surface area contributed by atoms with E-state index in [-0.39, 0.29) is 5.75 Å². The summed E-state index contributed by atoms with van der Waals surface area (Å²) in [5.74, 6) is -0.435. The molecule has 0 unspecified atom stereocenters. The first kappa shape index (κ1) is 15.7. The molecule has 0 aliphatic carbocycles. The van der Waals surface area contributed by atoms with Gasteiger partial charge in [0.05, 0.1) is 24.1 Å². The van der Waals surface area contributed by atoms with Gasteiger partial charge < -0.3 is 9.47 Å². The van der Waals surface area contributed by atoms with Crippen molar-refractivity contribution in [1.29, 1.82) is 0 Å². The zero-order chi connectivity index (χ0) is 15.7. The van der Waals surface area contributed by atoms with E-state index in [1.807, 2.05) is 0 Å². The van der Waals surface area contributed by atoms with Crippen molar-refractivity contribution < 1.29 is 19.3 Å². The van der Waals surface area contributed by atoms with Gasteiger partial charge >= 0.3 is 11.4 Å². The van der Waals surface area contributed by atoms with Crippen molar-refractivity contribution in [2.24, 2.45) is 0 Å². The molecule has 0 heterocycles. The molecule has 0 fully saturated rings. The van der Waals surface area contributed by atoms with Crippen LogP contribution in [0.25, 0.3) is 0 Å². The van der Waals surface area contributed by atoms with E-state index in [0.29, 0.717) is 5.56 Å². The molecular formula is C12H16N2O6. The van der Waals surface area contributed by atoms with Gasteiger partial charge in [-0.25, -0.2) is 0 Å². The normalized spacial score (nSPS) is 11.1. The lowest BCUT2D eigenvalue weighted by Crippen LogP contribution is -2.15. The fourth-order valence-electron chi connectivity index (χ4n) is 1.89. The number of rotatable bonds is 4. The number of nitro benzene ring substituents is 2. The number of ether oxygens (including phenoxy) is 2. The second-order valence-corrected chi connectivity index (χ2v) is 5.12. The highest BCUT2D eigenvalue weighted by molar-refractivity contribution is 5.71. The number of hydrogen-bond acceptors (Lipinski definition) is 6. The van der Waals surface area contributed by atoms with Crippen LogP contribution in [0.1, 0.15) is 26.3 Å². The monoisotopic (exact) mass is 284 g/mol. The summed E-state index contributed by atoms with van der Waals surface area (Å²) in [4.78, 5) is 20.9. The van der Waals surface area contributed by atoms with Crippen LogP contribution in [0.5, 0.6) is 11.5 Å². The highest BCUT2D eigenvalue weighted by Gasteiger charge is 2.37. The Hall–Kier alpha value is -2.38. The summed E-state index contributed by atoms with van der Waals surface area (Å²) in [5.41, 5.74) is -1.18. The van der Waals surface area contributed by atoms with E-state index in [0.717, 1.165) is 7.11 Å². The first-order valence-corrected chi connectivity index (χ1v) is 5.73. The number of benzene rings is 1. The summed E-state index contributed by atoms with van der Waals surface area (Å²) >= 11 is 0. The largest absolute Gasteiger partial charge is 0.490 e. The maximum absolute atomic E-state index is 11.2. The minimum absolute atomic E-state index is 0.0232. The second kappa shape index (κ2) is 5.32. The van der Waals surface area contributed by atoms with E-state index in [9.17, 15) is 20.2 Å². The summed E-state index contributed by atoms with van der Waals surface area (Å²) in [6.07, 6.45) is 0. The smallest absolute Gasteiger partial charge is 0.359 e. The van der Waals surface area contributed by atoms with Crippen molar-refractivity contribution in [2.45, 2.75) is 26.2 Å². The van der Waals surface area contributed by atoms with Crippen LogP contribution in [0.3, 0.4) is 0 Å². The average molecular weight is 284 g/mol. The Bertz CT molecular complexity index is 562. The number of nitrogens with zero attached hydrogens (tertiary/aromatic N) is 2. The third-order valence-corrected chi connectivity index (χ3v) is 2.78. The van der Waals surface area contributed by atoms with Gasteiger partial charge in [-0.3, -0.25) is 20.2 Å². The summed E-state index contributed by atoms with van der Waals surface area (Å²) < 4.78 is 9.94. The van der Waals surface area contributed by atoms with Gasteiger partial charge in [0.15, 0.2) is 0 Å². The lowest BCUT2D eigenvalue weighted by Gasteiger charge is -2.22. The average Bonchev–Trinajstić information content (AvgIpc) is 2.34. The molecule has 1 aromatic carbocycles. The summed E-state index contributed by atoms with van der Waals surface area (Å²) in [6.45, 7) is 5.35. The van der Waals surface area contributed by atoms with E-state index in [1.54, 1.807) is 20.8 Å². The standard InChI is InChI=1S/C12H16N2O6/c1-12(2,3)7-6-8(13(15)16)11(20-5)9(14(17)18)10(7)19-4/h6H,1-5H3. The van der Waals surface area contributed by atoms with Gasteiger partial charge in [0.2, 0.25) is 5.75 Å². The molecule has 0 saturated carbocycles. The van der Waals surface area contributed by atoms with Crippen LogP contribution in [-0.2, 0) is 5.41 Å². The van der Waals surface area contributed by atoms with Crippen molar-refractivity contribution in [2.75, 3.05) is 14.2 Å². The van der Waals surface area contributed by atoms with E-state index < -0.39 is 32.4 Å². The molecule has 0 aromatic heterocycles. The van der Waals surface area contributed by atoms with E-state index in [1.165, 1.54) is 13.2 Å². The highest BCUT2D eigenvalue weighted by atomic mass is 16.6. The molecule has 1 rings (SSSR count). The molecule has 110 valence electrons. The van der Waals surface area contributed by atoms with Crippen molar-refractivity contribution in [3.05, 3.63) is 31.9 Å². The van der Waals surface area contributed by atoms with E-state index in [2.05, 4.69) is 0 Å². The van der Waals surface area contributed by atoms with Crippen molar-refractivity contribution in [3.63, 3.8) is 0 Å². The Kier molecular flexibility index (Phi) is 4.17. The minimum atomic E-state index is -0.736. The molecule has 0 saturated heterocycles. The Morgan fingerprint density at radius 2 is 1.50 bits per heavy atom. The molecule has 0 amide bonds. The maximum Gasteiger partial charge on any atom is 0.359 e. The topological polar surface area (TPSA) is 105 Å². The third kappa shape index (κ3) is 2.63. The van der Waals surface area contributed by atoms with Gasteiger partial charge in [-0.2, -0.15) is 0 Å². The lowest BCUT2D eigenvalue weighted by molar-refractivity contribution is -0.396. The van der Waals surface area contributed by atoms with Crippen LogP contribution in [0, 0.1) is 20.2 Å². The highest BCUT2D eigenvalue weighted by Crippen LogP contribution is 2.48. The summed E-state index contributed by atoms with van der Waals surface area (Å²) in [7, 11) is 2.42. The molecule has 8 nitrogen and oxygen atoms in total. The summed E-state index contributed by atoms with van der Waals surface area (Å²) in [6, 6.07) is 1.25. The van der Waals surface area contributed by atoms with Crippen molar-refractivity contribution >= 4 is 11.4 Å². The van der Waals surface area contributed by atoms with Gasteiger partial charge in [0.1, 0.15) is 0 Å². The predicted octanol–water partition coefficient (Wildman–Crippen LogP) is 2.82. The zero-order valence-electron chi connectivity index (χ0n) is 11.9. The van der Waals surface area contributed by atoms with Gasteiger partial charge in [-0.15, -0.1) is 0 Å². The number of methoxy groups -OCH3 is 2. The molecule has 0 radical (unpaired) electrons. The van der Waals surface area contributed by atoms with Crippen LogP contribution in [0.4, 0.5) is 11.4 Å². The molecule has 0 spiro atoms. The van der Waals surface area contributed by atoms with Crippen LogP contribution in [-0.4, -0.2) is 24.1 Å². The molecular weight excluding hydrogens is 268 g/mol. The Labute approximate surface area is 115 Å². The fourth-order valence-corrected chi connectivity index (χ4v) is 1.89. The molecule has 0 bridgehead atoms. The SMILES string of the molecule is COc1c([N+](=O)[O-])cc(C(C)(C)C)c(OC)c1[N+](=O)[O-]. The fraction of sp³-hybridized carbons (Fsp3) is 0.500. The quantitative estimate of drug-likeness (QED) is 0.621. The summed E-state index contributed by atoms with van der Waals surface area (Å²) in [5, 5.41) is 22.3. The van der Waals surface area contributed by atoms with Crippen molar-refractivity contribution in [3.8, 4) is 11.5 Å². The van der Waals surface area contributed by atoms with Crippen LogP contribution < -0.4 is 9.47 Å². The minimum Gasteiger partial charge on any atom is -0.490 e. The molecule has 0 atom stereocenters. The molecule has 0 aliphatic rings. The third-order valence-electron chi connectivity index (χ3n) is 2.78. The van der Waals surface area contributed by atoms with Crippen LogP contribution in [0.2, 0.25) is 0 Å². The first-order valence-electron chi connectivity index (χ1n) is 5.73. The number of nitro groups is 2. The van der Waals surface area contributed by atoms with Crippen LogP contribution >= 0.6 is 0 Å². The maximum atomic E-state index is 11.2. The molecule has 1 aromatic rings. The Balaban J connectivity index is 3.90. The molecule has 0 aliphatic heterocycles. The molecule has 0 N–H and O–H groups in total. The van der Waals surface area contributed by atoms with E-state index in [4.69, 9.17) is 9.47 Å². The lowest BCUT2D eigenvalue weighted by atomic mass is 9.85. The van der Waals surface area contributed by atoms with Gasteiger partial charge in [-0.05, 0) is 5.41 Å². The Morgan fingerprint density at radius 1 is 1.00 bits per heavy atom. The number of hydrogen-bond donors (Lipinski definition) is 0. The molecule has 8 heteroatoms. The second-order valence-electron chi connectivity index (χ2n) is 5.12.